The molecule has 0 rings (SSSR count). The van der Waals surface area contributed by atoms with Gasteiger partial charge in [-0.2, -0.15) is 0 Å². The Bertz CT molecular complexity index is 137. The maximum atomic E-state index is 9.51. The van der Waals surface area contributed by atoms with E-state index in [1.54, 1.807) is 0 Å². The number of hydrogen-bond acceptors (Lipinski definition) is 4. The third-order valence-corrected chi connectivity index (χ3v) is 0.493. The maximum Gasteiger partial charge on any atom is 1.00 e. The maximum absolute atomic E-state index is 9.51. The molecule has 0 amide bonds. The molecule has 0 aromatic heterocycles. The van der Waals surface area contributed by atoms with E-state index in [4.69, 9.17) is 0 Å². The van der Waals surface area contributed by atoms with Crippen molar-refractivity contribution in [3.05, 3.63) is 12.2 Å². The van der Waals surface area contributed by atoms with Crippen molar-refractivity contribution >= 4 is 11.9 Å². The van der Waals surface area contributed by atoms with E-state index in [2.05, 4.69) is 6.58 Å². The van der Waals surface area contributed by atoms with Gasteiger partial charge in [-0.05, 0) is 0 Å². The second-order valence-corrected chi connectivity index (χ2v) is 1.05. The number of carboxylic acid groups (broad SMARTS) is 2. The molecule has 44 valence electrons. The summed E-state index contributed by atoms with van der Waals surface area (Å²) in [5.74, 6) is -3.63. The largest absolute Gasteiger partial charge is 1.00 e. The van der Waals surface area contributed by atoms with Gasteiger partial charge in [0.25, 0.3) is 0 Å². The molecule has 0 bridgehead atoms. The number of hydrogen-bond donors (Lipinski definition) is 0. The summed E-state index contributed by atoms with van der Waals surface area (Å²) in [5.41, 5.74) is -1.04. The molecular weight excluding hydrogens is 126 g/mol. The molecule has 0 radical (unpaired) electrons. The first-order chi connectivity index (χ1) is 3.55. The molecule has 0 spiro atoms. The second kappa shape index (κ2) is 6.99. The van der Waals surface area contributed by atoms with E-state index < -0.39 is 17.5 Å². The van der Waals surface area contributed by atoms with Crippen LogP contribution in [0, 0.1) is 0 Å². The Labute approximate surface area is 81.7 Å². The zero-order valence-electron chi connectivity index (χ0n) is 5.84. The van der Waals surface area contributed by atoms with Gasteiger partial charge in [0.1, 0.15) is 0 Å². The summed E-state index contributed by atoms with van der Waals surface area (Å²) in [4.78, 5) is 19.0. The molecule has 0 aromatic carbocycles. The second-order valence-electron chi connectivity index (χ2n) is 1.05. The Morgan fingerprint density at radius 1 is 1.00 bits per heavy atom. The topological polar surface area (TPSA) is 80.3 Å². The van der Waals surface area contributed by atoms with Crippen LogP contribution in [0.1, 0.15) is 0 Å². The Morgan fingerprint density at radius 2 is 1.20 bits per heavy atom. The van der Waals surface area contributed by atoms with Crippen LogP contribution < -0.4 is 47.9 Å². The Hall–Kier alpha value is -0.125. The third-order valence-electron chi connectivity index (χ3n) is 0.493. The van der Waals surface area contributed by atoms with E-state index in [-0.39, 0.29) is 37.7 Å². The van der Waals surface area contributed by atoms with Gasteiger partial charge in [-0.25, -0.2) is 0 Å². The van der Waals surface area contributed by atoms with Crippen LogP contribution in [-0.4, -0.2) is 11.9 Å². The van der Waals surface area contributed by atoms with Crippen LogP contribution in [0.15, 0.2) is 12.2 Å². The van der Waals surface area contributed by atoms with Crippen molar-refractivity contribution in [1.82, 2.24) is 0 Å². The molecule has 0 N–H and O–H groups in total. The molecule has 0 saturated carbocycles. The van der Waals surface area contributed by atoms with Gasteiger partial charge in [0.15, 0.2) is 0 Å². The Balaban J connectivity index is -0.000000245. The van der Waals surface area contributed by atoms with E-state index in [0.29, 0.717) is 0 Å². The zero-order chi connectivity index (χ0) is 6.73. The van der Waals surface area contributed by atoms with Crippen molar-refractivity contribution < 1.29 is 57.5 Å². The monoisotopic (exact) mass is 128 g/mol. The number of carbonyl (C=O) groups is 2. The molecule has 0 fully saturated rings. The van der Waals surface area contributed by atoms with Gasteiger partial charge in [0.05, 0.1) is 11.9 Å². The number of carbonyl (C=O) groups excluding carboxylic acids is 2. The van der Waals surface area contributed by atoms with E-state index in [0.717, 1.165) is 0 Å². The van der Waals surface area contributed by atoms with Gasteiger partial charge >= 0.3 is 37.7 Å². The summed E-state index contributed by atoms with van der Waals surface area (Å²) in [6, 6.07) is 0. The molecule has 0 aliphatic carbocycles. The van der Waals surface area contributed by atoms with Gasteiger partial charge in [-0.15, -0.1) is 0 Å². The molecule has 0 unspecified atom stereocenters. The molecule has 6 heteroatoms. The normalized spacial score (nSPS) is 6.40. The fraction of sp³-hybridized carbons (Fsp3) is 0. The molecule has 0 heterocycles. The Morgan fingerprint density at radius 3 is 1.20 bits per heavy atom. The van der Waals surface area contributed by atoms with Crippen LogP contribution in [-0.2, 0) is 9.59 Å². The van der Waals surface area contributed by atoms with Crippen LogP contribution in [0.3, 0.4) is 0 Å². The van der Waals surface area contributed by atoms with Crippen molar-refractivity contribution in [2.75, 3.05) is 0 Å². The SMILES string of the molecule is C=C(C(=O)[O-])C(=O)[O-].[Li+].[Li+]. The molecule has 0 saturated heterocycles. The zero-order valence-corrected chi connectivity index (χ0v) is 5.84. The summed E-state index contributed by atoms with van der Waals surface area (Å²) >= 11 is 0. The quantitative estimate of drug-likeness (QED) is 0.160. The van der Waals surface area contributed by atoms with Crippen LogP contribution in [0.2, 0.25) is 0 Å². The fourth-order valence-corrected chi connectivity index (χ4v) is 0.0833. The smallest absolute Gasteiger partial charge is 0.545 e. The fourth-order valence-electron chi connectivity index (χ4n) is 0.0833. The van der Waals surface area contributed by atoms with Crippen molar-refractivity contribution in [2.45, 2.75) is 0 Å². The van der Waals surface area contributed by atoms with Gasteiger partial charge in [-0.3, -0.25) is 0 Å². The van der Waals surface area contributed by atoms with Crippen molar-refractivity contribution in [1.29, 1.82) is 0 Å². The summed E-state index contributed by atoms with van der Waals surface area (Å²) in [5, 5.41) is 19.0. The number of aliphatic carboxylic acids is 2. The molecular formula is C4H2Li2O4. The summed E-state index contributed by atoms with van der Waals surface area (Å²) in [7, 11) is 0. The summed E-state index contributed by atoms with van der Waals surface area (Å²) in [6.45, 7) is 2.63. The average Bonchev–Trinajstić information content (AvgIpc) is 1.64. The minimum atomic E-state index is -1.81. The van der Waals surface area contributed by atoms with Crippen LogP contribution in [0.4, 0.5) is 0 Å². The third kappa shape index (κ3) is 6.00. The minimum Gasteiger partial charge on any atom is -0.545 e. The number of rotatable bonds is 2. The van der Waals surface area contributed by atoms with Gasteiger partial charge < -0.3 is 19.8 Å². The summed E-state index contributed by atoms with van der Waals surface area (Å²) < 4.78 is 0. The molecule has 0 aromatic rings. The first kappa shape index (κ1) is 16.5. The van der Waals surface area contributed by atoms with E-state index in [1.807, 2.05) is 0 Å². The van der Waals surface area contributed by atoms with Gasteiger partial charge in [-0.1, -0.05) is 6.58 Å². The first-order valence-electron chi connectivity index (χ1n) is 1.67. The first-order valence-corrected chi connectivity index (χ1v) is 1.67. The number of carboxylic acids is 2. The molecule has 0 atom stereocenters. The van der Waals surface area contributed by atoms with Gasteiger partial charge in [0, 0.05) is 5.57 Å². The van der Waals surface area contributed by atoms with Crippen LogP contribution in [0.5, 0.6) is 0 Å². The van der Waals surface area contributed by atoms with E-state index in [9.17, 15) is 19.8 Å². The average molecular weight is 128 g/mol. The summed E-state index contributed by atoms with van der Waals surface area (Å²) in [6.07, 6.45) is 0. The van der Waals surface area contributed by atoms with Crippen molar-refractivity contribution in [3.8, 4) is 0 Å². The standard InChI is InChI=1S/C4H4O4.2Li/c1-2(3(5)6)4(7)8;;/h1H2,(H,5,6)(H,7,8);;/q;2*+1/p-2. The van der Waals surface area contributed by atoms with E-state index in [1.165, 1.54) is 0 Å². The van der Waals surface area contributed by atoms with E-state index >= 15 is 0 Å². The van der Waals surface area contributed by atoms with Crippen molar-refractivity contribution in [2.24, 2.45) is 0 Å². The molecule has 0 aliphatic heterocycles. The predicted molar refractivity (Wildman–Crippen MR) is 19.2 cm³/mol. The molecule has 10 heavy (non-hydrogen) atoms. The molecule has 4 nitrogen and oxygen atoms in total. The predicted octanol–water partition coefficient (Wildman–Crippen LogP) is -8.95. The molecule has 0 aliphatic rings. The minimum absolute atomic E-state index is 0. The Kier molecular flexibility index (Phi) is 11.5. The van der Waals surface area contributed by atoms with Crippen LogP contribution >= 0.6 is 0 Å². The van der Waals surface area contributed by atoms with Crippen LogP contribution in [0.25, 0.3) is 0 Å². The van der Waals surface area contributed by atoms with Crippen molar-refractivity contribution in [3.63, 3.8) is 0 Å². The van der Waals surface area contributed by atoms with Gasteiger partial charge in [0.2, 0.25) is 0 Å².